The van der Waals surface area contributed by atoms with Crippen molar-refractivity contribution in [2.24, 2.45) is 0 Å². The maximum Gasteiger partial charge on any atom is 0.241 e. The number of rotatable bonds is 8. The Bertz CT molecular complexity index is 1030. The number of likely N-dealkylation sites (N-methyl/N-ethyl adjacent to an activating group) is 1. The molecular weight excluding hydrogens is 432 g/mol. The number of hydrogen-bond acceptors (Lipinski definition) is 5. The first-order valence-corrected chi connectivity index (χ1v) is 11.8. The smallest absolute Gasteiger partial charge is 0.241 e. The van der Waals surface area contributed by atoms with Crippen molar-refractivity contribution >= 4 is 17.7 Å². The van der Waals surface area contributed by atoms with Gasteiger partial charge in [-0.25, -0.2) is 0 Å². The van der Waals surface area contributed by atoms with Gasteiger partial charge in [0.1, 0.15) is 5.75 Å². The SMILES string of the molecule is COc1ccc([C@@]2(CC(=O)N(C)C[C@@H](O)c3ccccc3)CC(=O)N(C3CCCC3)C2=O)cc1. The summed E-state index contributed by atoms with van der Waals surface area (Å²) in [4.78, 5) is 43.2. The molecule has 1 aliphatic heterocycles. The number of ether oxygens (including phenoxy) is 1. The van der Waals surface area contributed by atoms with E-state index in [9.17, 15) is 19.5 Å². The van der Waals surface area contributed by atoms with E-state index >= 15 is 0 Å². The van der Waals surface area contributed by atoms with Crippen LogP contribution in [0.2, 0.25) is 0 Å². The number of imide groups is 1. The van der Waals surface area contributed by atoms with Crippen molar-refractivity contribution in [3.63, 3.8) is 0 Å². The molecule has 0 unspecified atom stereocenters. The van der Waals surface area contributed by atoms with Crippen molar-refractivity contribution in [1.82, 2.24) is 9.80 Å². The van der Waals surface area contributed by atoms with Gasteiger partial charge in [-0.2, -0.15) is 0 Å². The summed E-state index contributed by atoms with van der Waals surface area (Å²) in [6.45, 7) is 0.0933. The van der Waals surface area contributed by atoms with E-state index in [0.717, 1.165) is 25.7 Å². The lowest BCUT2D eigenvalue weighted by molar-refractivity contribution is -0.144. The molecule has 7 heteroatoms. The van der Waals surface area contributed by atoms with E-state index in [0.29, 0.717) is 16.9 Å². The number of carbonyl (C=O) groups is 3. The summed E-state index contributed by atoms with van der Waals surface area (Å²) in [7, 11) is 3.18. The average Bonchev–Trinajstić information content (AvgIpc) is 3.46. The highest BCUT2D eigenvalue weighted by molar-refractivity contribution is 6.11. The summed E-state index contributed by atoms with van der Waals surface area (Å²) < 4.78 is 5.25. The van der Waals surface area contributed by atoms with Crippen LogP contribution in [0.4, 0.5) is 0 Å². The van der Waals surface area contributed by atoms with Crippen LogP contribution in [-0.4, -0.2) is 59.4 Å². The maximum absolute atomic E-state index is 13.8. The standard InChI is InChI=1S/C27H32N2O5/c1-28(18-23(30)19-8-4-3-5-9-19)24(31)16-27(20-12-14-22(34-2)15-13-20)17-25(32)29(26(27)33)21-10-6-7-11-21/h3-5,8-9,12-15,21,23,30H,6-7,10-11,16-18H2,1-2H3/t23-,27-/m1/s1. The van der Waals surface area contributed by atoms with Crippen molar-refractivity contribution in [1.29, 1.82) is 0 Å². The summed E-state index contributed by atoms with van der Waals surface area (Å²) in [5.41, 5.74) is 0.0960. The van der Waals surface area contributed by atoms with Crippen molar-refractivity contribution in [3.05, 3.63) is 65.7 Å². The first kappa shape index (κ1) is 24.0. The summed E-state index contributed by atoms with van der Waals surface area (Å²) >= 11 is 0. The molecule has 1 heterocycles. The predicted molar refractivity (Wildman–Crippen MR) is 127 cm³/mol. The molecule has 1 N–H and O–H groups in total. The minimum absolute atomic E-state index is 0.0323. The van der Waals surface area contributed by atoms with E-state index in [-0.39, 0.29) is 43.1 Å². The second kappa shape index (κ2) is 9.97. The first-order chi connectivity index (χ1) is 16.4. The van der Waals surface area contributed by atoms with Crippen LogP contribution in [0.3, 0.4) is 0 Å². The van der Waals surface area contributed by atoms with E-state index in [1.807, 2.05) is 18.2 Å². The molecule has 1 saturated carbocycles. The Balaban J connectivity index is 1.60. The molecule has 1 saturated heterocycles. The van der Waals surface area contributed by atoms with Crippen LogP contribution in [0.25, 0.3) is 0 Å². The molecule has 34 heavy (non-hydrogen) atoms. The fraction of sp³-hybridized carbons (Fsp3) is 0.444. The molecule has 3 amide bonds. The number of benzene rings is 2. The Kier molecular flexibility index (Phi) is 7.03. The second-order valence-corrected chi connectivity index (χ2v) is 9.37. The van der Waals surface area contributed by atoms with Crippen LogP contribution in [0.5, 0.6) is 5.75 Å². The molecular formula is C27H32N2O5. The van der Waals surface area contributed by atoms with Crippen LogP contribution in [0, 0.1) is 0 Å². The Hall–Kier alpha value is -3.19. The molecule has 0 radical (unpaired) electrons. The van der Waals surface area contributed by atoms with Gasteiger partial charge < -0.3 is 14.7 Å². The summed E-state index contributed by atoms with van der Waals surface area (Å²) in [5, 5.41) is 10.6. The number of aliphatic hydroxyl groups excluding tert-OH is 1. The fourth-order valence-corrected chi connectivity index (χ4v) is 5.21. The van der Waals surface area contributed by atoms with Crippen molar-refractivity contribution in [2.75, 3.05) is 20.7 Å². The maximum atomic E-state index is 13.8. The fourth-order valence-electron chi connectivity index (χ4n) is 5.21. The minimum atomic E-state index is -1.25. The van der Waals surface area contributed by atoms with E-state index in [1.165, 1.54) is 9.80 Å². The summed E-state index contributed by atoms with van der Waals surface area (Å²) in [6.07, 6.45) is 2.61. The van der Waals surface area contributed by atoms with E-state index < -0.39 is 11.5 Å². The van der Waals surface area contributed by atoms with Gasteiger partial charge in [-0.05, 0) is 36.1 Å². The molecule has 0 spiro atoms. The third kappa shape index (κ3) is 4.57. The van der Waals surface area contributed by atoms with Crippen molar-refractivity contribution in [3.8, 4) is 5.75 Å². The summed E-state index contributed by atoms with van der Waals surface area (Å²) in [5.74, 6) is -0.162. The number of likely N-dealkylation sites (tertiary alicyclic amines) is 1. The van der Waals surface area contributed by atoms with E-state index in [1.54, 1.807) is 50.6 Å². The number of hydrogen-bond donors (Lipinski definition) is 1. The predicted octanol–water partition coefficient (Wildman–Crippen LogP) is 3.22. The van der Waals surface area contributed by atoms with Crippen molar-refractivity contribution in [2.45, 2.75) is 56.1 Å². The lowest BCUT2D eigenvalue weighted by Gasteiger charge is -2.31. The molecule has 2 atom stereocenters. The molecule has 2 aromatic carbocycles. The Morgan fingerprint density at radius 3 is 2.38 bits per heavy atom. The molecule has 2 aliphatic rings. The van der Waals surface area contributed by atoms with Gasteiger partial charge in [-0.1, -0.05) is 55.3 Å². The van der Waals surface area contributed by atoms with Crippen LogP contribution < -0.4 is 4.74 Å². The topological polar surface area (TPSA) is 87.2 Å². The lowest BCUT2D eigenvalue weighted by Crippen LogP contribution is -2.45. The summed E-state index contributed by atoms with van der Waals surface area (Å²) in [6, 6.07) is 16.1. The van der Waals surface area contributed by atoms with Gasteiger partial charge in [0, 0.05) is 25.9 Å². The highest BCUT2D eigenvalue weighted by Gasteiger charge is 2.55. The van der Waals surface area contributed by atoms with Gasteiger partial charge in [-0.15, -0.1) is 0 Å². The molecule has 0 aromatic heterocycles. The quantitative estimate of drug-likeness (QED) is 0.606. The van der Waals surface area contributed by atoms with E-state index in [4.69, 9.17) is 4.74 Å². The average molecular weight is 465 g/mol. The van der Waals surface area contributed by atoms with E-state index in [2.05, 4.69) is 0 Å². The highest BCUT2D eigenvalue weighted by Crippen LogP contribution is 2.43. The zero-order chi connectivity index (χ0) is 24.3. The molecule has 7 nitrogen and oxygen atoms in total. The Labute approximate surface area is 200 Å². The zero-order valence-corrected chi connectivity index (χ0v) is 19.8. The monoisotopic (exact) mass is 464 g/mol. The zero-order valence-electron chi connectivity index (χ0n) is 19.8. The molecule has 2 aromatic rings. The molecule has 180 valence electrons. The Morgan fingerprint density at radius 1 is 1.12 bits per heavy atom. The normalized spacial score (nSPS) is 21.7. The number of methoxy groups -OCH3 is 1. The van der Waals surface area contributed by atoms with Gasteiger partial charge in [0.2, 0.25) is 17.7 Å². The number of amides is 3. The third-order valence-electron chi connectivity index (χ3n) is 7.19. The lowest BCUT2D eigenvalue weighted by atomic mass is 9.75. The van der Waals surface area contributed by atoms with Crippen LogP contribution in [0.1, 0.15) is 55.8 Å². The van der Waals surface area contributed by atoms with Gasteiger partial charge in [0.25, 0.3) is 0 Å². The van der Waals surface area contributed by atoms with Gasteiger partial charge in [-0.3, -0.25) is 19.3 Å². The Morgan fingerprint density at radius 2 is 1.76 bits per heavy atom. The van der Waals surface area contributed by atoms with Gasteiger partial charge in [0.15, 0.2) is 0 Å². The largest absolute Gasteiger partial charge is 0.497 e. The van der Waals surface area contributed by atoms with Crippen LogP contribution >= 0.6 is 0 Å². The number of nitrogens with zero attached hydrogens (tertiary/aromatic N) is 2. The first-order valence-electron chi connectivity index (χ1n) is 11.8. The highest BCUT2D eigenvalue weighted by atomic mass is 16.5. The van der Waals surface area contributed by atoms with Gasteiger partial charge in [0.05, 0.1) is 25.2 Å². The second-order valence-electron chi connectivity index (χ2n) is 9.37. The van der Waals surface area contributed by atoms with Crippen LogP contribution in [0.15, 0.2) is 54.6 Å². The molecule has 2 fully saturated rings. The molecule has 1 aliphatic carbocycles. The number of carbonyl (C=O) groups excluding carboxylic acids is 3. The third-order valence-corrected chi connectivity index (χ3v) is 7.19. The molecule has 4 rings (SSSR count). The van der Waals surface area contributed by atoms with Crippen LogP contribution in [-0.2, 0) is 19.8 Å². The molecule has 0 bridgehead atoms. The number of aliphatic hydroxyl groups is 1. The van der Waals surface area contributed by atoms with Crippen molar-refractivity contribution < 1.29 is 24.2 Å². The minimum Gasteiger partial charge on any atom is -0.497 e. The van der Waals surface area contributed by atoms with Gasteiger partial charge >= 0.3 is 0 Å².